The summed E-state index contributed by atoms with van der Waals surface area (Å²) in [4.78, 5) is 10.5. The van der Waals surface area contributed by atoms with E-state index in [1.807, 2.05) is 0 Å². The zero-order valence-electron chi connectivity index (χ0n) is 8.25. The number of hydrogen-bond acceptors (Lipinski definition) is 3. The molecule has 1 rings (SSSR count). The summed E-state index contributed by atoms with van der Waals surface area (Å²) >= 11 is 0. The molecule has 0 amide bonds. The van der Waals surface area contributed by atoms with Crippen LogP contribution in [0.4, 0.5) is 0 Å². The highest BCUT2D eigenvalue weighted by atomic mass is 16.4. The van der Waals surface area contributed by atoms with Crippen molar-refractivity contribution in [1.82, 2.24) is 5.32 Å². The van der Waals surface area contributed by atoms with E-state index in [1.54, 1.807) is 0 Å². The van der Waals surface area contributed by atoms with Crippen LogP contribution in [0.3, 0.4) is 0 Å². The molecule has 3 N–H and O–H groups in total. The second-order valence-corrected chi connectivity index (χ2v) is 3.91. The maximum atomic E-state index is 10.5. The van der Waals surface area contributed by atoms with Crippen molar-refractivity contribution in [3.63, 3.8) is 0 Å². The SMILES string of the molecule is C=C(CNC1(CO)CCCC1)C(=O)O. The molecule has 0 atom stereocenters. The van der Waals surface area contributed by atoms with Gasteiger partial charge in [-0.1, -0.05) is 19.4 Å². The van der Waals surface area contributed by atoms with Crippen LogP contribution < -0.4 is 5.32 Å². The van der Waals surface area contributed by atoms with Crippen LogP contribution in [0.15, 0.2) is 12.2 Å². The summed E-state index contributed by atoms with van der Waals surface area (Å²) in [5.41, 5.74) is -0.122. The largest absolute Gasteiger partial charge is 0.478 e. The fourth-order valence-electron chi connectivity index (χ4n) is 1.81. The van der Waals surface area contributed by atoms with Crippen LogP contribution in [0.2, 0.25) is 0 Å². The van der Waals surface area contributed by atoms with Gasteiger partial charge in [0.2, 0.25) is 0 Å². The topological polar surface area (TPSA) is 69.6 Å². The Morgan fingerprint density at radius 1 is 1.43 bits per heavy atom. The Balaban J connectivity index is 2.42. The van der Waals surface area contributed by atoms with Gasteiger partial charge >= 0.3 is 5.97 Å². The molecule has 1 fully saturated rings. The van der Waals surface area contributed by atoms with Gasteiger partial charge in [-0.05, 0) is 12.8 Å². The smallest absolute Gasteiger partial charge is 0.332 e. The highest BCUT2D eigenvalue weighted by molar-refractivity contribution is 5.86. The van der Waals surface area contributed by atoms with E-state index in [2.05, 4.69) is 11.9 Å². The molecule has 0 aliphatic heterocycles. The van der Waals surface area contributed by atoms with E-state index in [9.17, 15) is 9.90 Å². The monoisotopic (exact) mass is 199 g/mol. The van der Waals surface area contributed by atoms with Gasteiger partial charge in [0.15, 0.2) is 0 Å². The first-order chi connectivity index (χ1) is 6.59. The number of aliphatic carboxylic acids is 1. The molecule has 4 heteroatoms. The zero-order chi connectivity index (χ0) is 10.6. The molecule has 0 bridgehead atoms. The number of rotatable bonds is 5. The third-order valence-corrected chi connectivity index (χ3v) is 2.84. The Kier molecular flexibility index (Phi) is 3.66. The summed E-state index contributed by atoms with van der Waals surface area (Å²) in [5.74, 6) is -0.983. The second-order valence-electron chi connectivity index (χ2n) is 3.91. The normalized spacial score (nSPS) is 19.5. The molecule has 0 aromatic heterocycles. The summed E-state index contributed by atoms with van der Waals surface area (Å²) in [7, 11) is 0. The van der Waals surface area contributed by atoms with Gasteiger partial charge in [-0.2, -0.15) is 0 Å². The van der Waals surface area contributed by atoms with Crippen molar-refractivity contribution >= 4 is 5.97 Å². The Morgan fingerprint density at radius 2 is 2.00 bits per heavy atom. The lowest BCUT2D eigenvalue weighted by molar-refractivity contribution is -0.132. The third-order valence-electron chi connectivity index (χ3n) is 2.84. The molecular weight excluding hydrogens is 182 g/mol. The van der Waals surface area contributed by atoms with Crippen LogP contribution in [0.25, 0.3) is 0 Å². The first-order valence-electron chi connectivity index (χ1n) is 4.87. The van der Waals surface area contributed by atoms with Gasteiger partial charge in [-0.3, -0.25) is 0 Å². The molecule has 0 heterocycles. The molecule has 0 radical (unpaired) electrons. The highest BCUT2D eigenvalue weighted by Gasteiger charge is 2.32. The quantitative estimate of drug-likeness (QED) is 0.565. The molecule has 0 spiro atoms. The lowest BCUT2D eigenvalue weighted by Crippen LogP contribution is -2.47. The van der Waals surface area contributed by atoms with Gasteiger partial charge in [-0.15, -0.1) is 0 Å². The Bertz CT molecular complexity index is 232. The molecule has 0 unspecified atom stereocenters. The molecule has 0 aromatic rings. The van der Waals surface area contributed by atoms with Gasteiger partial charge in [0.25, 0.3) is 0 Å². The van der Waals surface area contributed by atoms with Gasteiger partial charge in [-0.25, -0.2) is 4.79 Å². The Labute approximate surface area is 83.6 Å². The van der Waals surface area contributed by atoms with Crippen LogP contribution in [0.5, 0.6) is 0 Å². The van der Waals surface area contributed by atoms with E-state index < -0.39 is 5.97 Å². The standard InChI is InChI=1S/C10H17NO3/c1-8(9(13)14)6-11-10(7-12)4-2-3-5-10/h11-12H,1-7H2,(H,13,14). The fourth-order valence-corrected chi connectivity index (χ4v) is 1.81. The Hall–Kier alpha value is -0.870. The maximum absolute atomic E-state index is 10.5. The first-order valence-corrected chi connectivity index (χ1v) is 4.87. The lowest BCUT2D eigenvalue weighted by Gasteiger charge is -2.28. The van der Waals surface area contributed by atoms with Crippen LogP contribution in [0, 0.1) is 0 Å². The number of carbonyl (C=O) groups is 1. The van der Waals surface area contributed by atoms with Crippen LogP contribution >= 0.6 is 0 Å². The molecular formula is C10H17NO3. The molecule has 80 valence electrons. The highest BCUT2D eigenvalue weighted by Crippen LogP contribution is 2.28. The van der Waals surface area contributed by atoms with E-state index in [0.717, 1.165) is 25.7 Å². The summed E-state index contributed by atoms with van der Waals surface area (Å²) < 4.78 is 0. The van der Waals surface area contributed by atoms with Crippen LogP contribution in [0.1, 0.15) is 25.7 Å². The van der Waals surface area contributed by atoms with Crippen LogP contribution in [-0.4, -0.2) is 34.9 Å². The number of carboxylic acids is 1. The van der Waals surface area contributed by atoms with Crippen molar-refractivity contribution in [2.24, 2.45) is 0 Å². The predicted octanol–water partition coefficient (Wildman–Crippen LogP) is 0.522. The van der Waals surface area contributed by atoms with Gasteiger partial charge in [0, 0.05) is 17.7 Å². The number of nitrogens with one attached hydrogen (secondary N) is 1. The molecule has 4 nitrogen and oxygen atoms in total. The molecule has 1 saturated carbocycles. The molecule has 14 heavy (non-hydrogen) atoms. The summed E-state index contributed by atoms with van der Waals surface area (Å²) in [6, 6.07) is 0. The minimum Gasteiger partial charge on any atom is -0.478 e. The summed E-state index contributed by atoms with van der Waals surface area (Å²) in [5, 5.41) is 20.9. The fraction of sp³-hybridized carbons (Fsp3) is 0.700. The zero-order valence-corrected chi connectivity index (χ0v) is 8.25. The summed E-state index contributed by atoms with van der Waals surface area (Å²) in [6.45, 7) is 3.75. The Morgan fingerprint density at radius 3 is 2.43 bits per heavy atom. The van der Waals surface area contributed by atoms with Gasteiger partial charge in [0.05, 0.1) is 6.61 Å². The van der Waals surface area contributed by atoms with Crippen molar-refractivity contribution in [1.29, 1.82) is 0 Å². The number of carboxylic acid groups (broad SMARTS) is 1. The predicted molar refractivity (Wildman–Crippen MR) is 53.1 cm³/mol. The van der Waals surface area contributed by atoms with Crippen molar-refractivity contribution in [2.75, 3.05) is 13.2 Å². The van der Waals surface area contributed by atoms with E-state index >= 15 is 0 Å². The minimum absolute atomic E-state index is 0.0693. The van der Waals surface area contributed by atoms with Crippen molar-refractivity contribution in [3.05, 3.63) is 12.2 Å². The number of aliphatic hydroxyl groups excluding tert-OH is 1. The average Bonchev–Trinajstić information content (AvgIpc) is 2.63. The van der Waals surface area contributed by atoms with Crippen molar-refractivity contribution in [3.8, 4) is 0 Å². The number of aliphatic hydroxyl groups is 1. The van der Waals surface area contributed by atoms with Crippen LogP contribution in [-0.2, 0) is 4.79 Å². The number of hydrogen-bond donors (Lipinski definition) is 3. The average molecular weight is 199 g/mol. The van der Waals surface area contributed by atoms with E-state index in [-0.39, 0.29) is 24.3 Å². The van der Waals surface area contributed by atoms with E-state index in [4.69, 9.17) is 5.11 Å². The minimum atomic E-state index is -0.983. The lowest BCUT2D eigenvalue weighted by atomic mass is 9.98. The molecule has 0 saturated heterocycles. The molecule has 0 aromatic carbocycles. The third kappa shape index (κ3) is 2.56. The van der Waals surface area contributed by atoms with Crippen molar-refractivity contribution in [2.45, 2.75) is 31.2 Å². The molecule has 1 aliphatic carbocycles. The van der Waals surface area contributed by atoms with E-state index in [1.165, 1.54) is 0 Å². The first kappa shape index (κ1) is 11.2. The van der Waals surface area contributed by atoms with Crippen molar-refractivity contribution < 1.29 is 15.0 Å². The van der Waals surface area contributed by atoms with Gasteiger partial charge in [0.1, 0.15) is 0 Å². The molecule has 1 aliphatic rings. The second kappa shape index (κ2) is 4.57. The summed E-state index contributed by atoms with van der Waals surface area (Å²) in [6.07, 6.45) is 4.01. The van der Waals surface area contributed by atoms with E-state index in [0.29, 0.717) is 0 Å². The maximum Gasteiger partial charge on any atom is 0.332 e. The van der Waals surface area contributed by atoms with Gasteiger partial charge < -0.3 is 15.5 Å².